The van der Waals surface area contributed by atoms with Gasteiger partial charge in [-0.1, -0.05) is 0 Å². The molecule has 0 amide bonds. The lowest BCUT2D eigenvalue weighted by Crippen LogP contribution is -2.42. The van der Waals surface area contributed by atoms with Crippen LogP contribution in [0.15, 0.2) is 6.20 Å². The molecular weight excluding hydrogens is 474 g/mol. The van der Waals surface area contributed by atoms with Crippen LogP contribution in [0.3, 0.4) is 0 Å². The molecule has 0 radical (unpaired) electrons. The maximum absolute atomic E-state index is 14.5. The molecule has 1 saturated heterocycles. The Balaban J connectivity index is 1.58. The number of aromatic nitrogens is 3. The SMILES string of the molecule is CS(=O)(=O)N1CCC(Nc2ncc(F)c(-c3sc(C4CC(O)C4)nc3C(F)(F)F)n2)CC1. The molecule has 1 aliphatic carbocycles. The topological polar surface area (TPSA) is 108 Å². The summed E-state index contributed by atoms with van der Waals surface area (Å²) >= 11 is 0.724. The van der Waals surface area contributed by atoms with Gasteiger partial charge in [-0.15, -0.1) is 11.3 Å². The lowest BCUT2D eigenvalue weighted by Gasteiger charge is -2.30. The number of anilines is 1. The lowest BCUT2D eigenvalue weighted by atomic mass is 9.83. The standard InChI is InChI=1S/C18H21F4N5O3S2/c1-32(29,30)27-4-2-10(3-5-27)24-17-23-8-12(19)13(25-17)14-15(18(20,21)22)26-16(31-14)9-6-11(28)7-9/h8-11,28H,2-7H2,1H3,(H,23,24,25). The van der Waals surface area contributed by atoms with Crippen molar-refractivity contribution in [1.82, 2.24) is 19.3 Å². The lowest BCUT2D eigenvalue weighted by molar-refractivity contribution is -0.140. The van der Waals surface area contributed by atoms with Crippen molar-refractivity contribution in [2.75, 3.05) is 24.7 Å². The molecule has 2 aromatic rings. The first-order valence-corrected chi connectivity index (χ1v) is 12.6. The summed E-state index contributed by atoms with van der Waals surface area (Å²) in [7, 11) is -3.30. The molecule has 4 rings (SSSR count). The van der Waals surface area contributed by atoms with E-state index in [-0.39, 0.29) is 36.0 Å². The van der Waals surface area contributed by atoms with Crippen LogP contribution in [0.4, 0.5) is 23.5 Å². The number of thiazole rings is 1. The molecule has 0 atom stereocenters. The number of aliphatic hydroxyl groups excluding tert-OH is 1. The number of hydrogen-bond acceptors (Lipinski definition) is 8. The Bertz CT molecular complexity index is 1090. The molecule has 0 spiro atoms. The summed E-state index contributed by atoms with van der Waals surface area (Å²) in [5.74, 6) is -1.34. The monoisotopic (exact) mass is 495 g/mol. The highest BCUT2D eigenvalue weighted by atomic mass is 32.2. The number of alkyl halides is 3. The molecular formula is C18H21F4N5O3S2. The van der Waals surface area contributed by atoms with E-state index >= 15 is 0 Å². The van der Waals surface area contributed by atoms with E-state index in [1.54, 1.807) is 0 Å². The third kappa shape index (κ3) is 4.87. The van der Waals surface area contributed by atoms with Gasteiger partial charge < -0.3 is 10.4 Å². The smallest absolute Gasteiger partial charge is 0.393 e. The first kappa shape index (κ1) is 23.3. The van der Waals surface area contributed by atoms with Gasteiger partial charge >= 0.3 is 6.18 Å². The zero-order valence-electron chi connectivity index (χ0n) is 16.9. The van der Waals surface area contributed by atoms with E-state index in [2.05, 4.69) is 20.3 Å². The van der Waals surface area contributed by atoms with Gasteiger partial charge in [0.1, 0.15) is 5.69 Å². The molecule has 1 saturated carbocycles. The minimum absolute atomic E-state index is 0.0404. The summed E-state index contributed by atoms with van der Waals surface area (Å²) in [4.78, 5) is 11.1. The maximum Gasteiger partial charge on any atom is 0.434 e. The number of piperidine rings is 1. The molecule has 0 unspecified atom stereocenters. The fourth-order valence-electron chi connectivity index (χ4n) is 3.76. The molecule has 176 valence electrons. The second kappa shape index (κ2) is 8.47. The molecule has 1 aliphatic heterocycles. The summed E-state index contributed by atoms with van der Waals surface area (Å²) < 4.78 is 79.9. The Morgan fingerprint density at radius 1 is 1.22 bits per heavy atom. The number of aliphatic hydroxyl groups is 1. The predicted octanol–water partition coefficient (Wildman–Crippen LogP) is 2.83. The molecule has 2 aromatic heterocycles. The zero-order valence-corrected chi connectivity index (χ0v) is 18.6. The summed E-state index contributed by atoms with van der Waals surface area (Å²) in [6, 6.07) is -0.207. The van der Waals surface area contributed by atoms with E-state index in [1.807, 2.05) is 0 Å². The zero-order chi connectivity index (χ0) is 23.3. The quantitative estimate of drug-likeness (QED) is 0.614. The number of nitrogens with zero attached hydrogens (tertiary/aromatic N) is 4. The van der Waals surface area contributed by atoms with Crippen LogP contribution < -0.4 is 5.32 Å². The van der Waals surface area contributed by atoms with E-state index in [1.165, 1.54) is 4.31 Å². The third-order valence-electron chi connectivity index (χ3n) is 5.59. The van der Waals surface area contributed by atoms with Gasteiger partial charge in [0.05, 0.1) is 28.4 Å². The van der Waals surface area contributed by atoms with Crippen LogP contribution in [0.2, 0.25) is 0 Å². The molecule has 32 heavy (non-hydrogen) atoms. The van der Waals surface area contributed by atoms with E-state index in [0.29, 0.717) is 25.7 Å². The number of hydrogen-bond donors (Lipinski definition) is 2. The average molecular weight is 496 g/mol. The normalized spacial score (nSPS) is 23.2. The van der Waals surface area contributed by atoms with Crippen LogP contribution >= 0.6 is 11.3 Å². The molecule has 2 fully saturated rings. The Morgan fingerprint density at radius 2 is 1.88 bits per heavy atom. The van der Waals surface area contributed by atoms with Crippen molar-refractivity contribution >= 4 is 27.3 Å². The summed E-state index contributed by atoms with van der Waals surface area (Å²) in [5, 5.41) is 12.6. The van der Waals surface area contributed by atoms with Crippen LogP contribution in [-0.2, 0) is 16.2 Å². The Labute approximate surface area is 185 Å². The Kier molecular flexibility index (Phi) is 6.15. The minimum atomic E-state index is -4.80. The van der Waals surface area contributed by atoms with Gasteiger partial charge in [0.2, 0.25) is 16.0 Å². The van der Waals surface area contributed by atoms with Gasteiger partial charge in [-0.3, -0.25) is 0 Å². The highest BCUT2D eigenvalue weighted by Crippen LogP contribution is 2.46. The highest BCUT2D eigenvalue weighted by molar-refractivity contribution is 7.88. The van der Waals surface area contributed by atoms with Crippen molar-refractivity contribution in [2.45, 2.75) is 49.9 Å². The minimum Gasteiger partial charge on any atom is -0.393 e. The van der Waals surface area contributed by atoms with Crippen LogP contribution in [0.1, 0.15) is 42.3 Å². The molecule has 3 heterocycles. The van der Waals surface area contributed by atoms with Crippen molar-refractivity contribution < 1.29 is 31.1 Å². The van der Waals surface area contributed by atoms with Gasteiger partial charge in [-0.25, -0.2) is 32.1 Å². The number of rotatable bonds is 5. The van der Waals surface area contributed by atoms with E-state index in [9.17, 15) is 31.1 Å². The summed E-state index contributed by atoms with van der Waals surface area (Å²) in [6.45, 7) is 0.572. The van der Waals surface area contributed by atoms with E-state index < -0.39 is 44.4 Å². The van der Waals surface area contributed by atoms with E-state index in [4.69, 9.17) is 0 Å². The van der Waals surface area contributed by atoms with Crippen molar-refractivity contribution in [3.8, 4) is 10.6 Å². The highest BCUT2D eigenvalue weighted by Gasteiger charge is 2.41. The first-order chi connectivity index (χ1) is 14.9. The maximum atomic E-state index is 14.5. The second-order valence-corrected chi connectivity index (χ2v) is 11.0. The van der Waals surface area contributed by atoms with Gasteiger partial charge in [0.25, 0.3) is 0 Å². The van der Waals surface area contributed by atoms with Crippen LogP contribution in [-0.4, -0.2) is 64.3 Å². The molecule has 0 bridgehead atoms. The first-order valence-electron chi connectivity index (χ1n) is 9.92. The van der Waals surface area contributed by atoms with Crippen molar-refractivity contribution in [3.63, 3.8) is 0 Å². The molecule has 0 aromatic carbocycles. The molecule has 14 heteroatoms. The van der Waals surface area contributed by atoms with Gasteiger partial charge in [-0.2, -0.15) is 13.2 Å². The van der Waals surface area contributed by atoms with Crippen LogP contribution in [0, 0.1) is 5.82 Å². The van der Waals surface area contributed by atoms with E-state index in [0.717, 1.165) is 23.8 Å². The largest absolute Gasteiger partial charge is 0.434 e. The van der Waals surface area contributed by atoms with Crippen LogP contribution in [0.5, 0.6) is 0 Å². The van der Waals surface area contributed by atoms with Gasteiger partial charge in [0.15, 0.2) is 11.5 Å². The summed E-state index contributed by atoms with van der Waals surface area (Å²) in [5.41, 5.74) is -1.70. The second-order valence-electron chi connectivity index (χ2n) is 8.02. The van der Waals surface area contributed by atoms with Crippen molar-refractivity contribution in [3.05, 3.63) is 22.7 Å². The molecule has 2 aliphatic rings. The Morgan fingerprint density at radius 3 is 2.44 bits per heavy atom. The molecule has 2 N–H and O–H groups in total. The number of nitrogens with one attached hydrogen (secondary N) is 1. The van der Waals surface area contributed by atoms with Gasteiger partial charge in [-0.05, 0) is 25.7 Å². The average Bonchev–Trinajstić information content (AvgIpc) is 3.12. The fourth-order valence-corrected chi connectivity index (χ4v) is 5.84. The van der Waals surface area contributed by atoms with Crippen molar-refractivity contribution in [1.29, 1.82) is 0 Å². The van der Waals surface area contributed by atoms with Crippen LogP contribution in [0.25, 0.3) is 10.6 Å². The molecule has 8 nitrogen and oxygen atoms in total. The third-order valence-corrected chi connectivity index (χ3v) is 8.12. The van der Waals surface area contributed by atoms with Gasteiger partial charge in [0, 0.05) is 25.0 Å². The fraction of sp³-hybridized carbons (Fsp3) is 0.611. The summed E-state index contributed by atoms with van der Waals surface area (Å²) in [6.07, 6.45) is -1.90. The predicted molar refractivity (Wildman–Crippen MR) is 109 cm³/mol. The Hall–Kier alpha value is -1.90. The number of halogens is 4. The number of sulfonamides is 1. The van der Waals surface area contributed by atoms with Crippen molar-refractivity contribution in [2.24, 2.45) is 0 Å².